The molecule has 11 heavy (non-hydrogen) atoms. The summed E-state index contributed by atoms with van der Waals surface area (Å²) in [5.74, 6) is 0. The van der Waals surface area contributed by atoms with Crippen molar-refractivity contribution in [2.24, 2.45) is 0 Å². The molecule has 1 rings (SSSR count). The van der Waals surface area contributed by atoms with E-state index in [1.807, 2.05) is 18.6 Å². The number of pyridine rings is 1. The fraction of sp³-hybridized carbons (Fsp3) is 0.250. The lowest BCUT2D eigenvalue weighted by Gasteiger charge is -1.98. The van der Waals surface area contributed by atoms with Crippen molar-refractivity contribution in [3.63, 3.8) is 0 Å². The van der Waals surface area contributed by atoms with Gasteiger partial charge in [-0.3, -0.25) is 4.98 Å². The summed E-state index contributed by atoms with van der Waals surface area (Å²) in [5.41, 5.74) is 0.932. The molecule has 0 bridgehead atoms. The third-order valence-electron chi connectivity index (χ3n) is 1.20. The Labute approximate surface area is 74.7 Å². The molecule has 0 spiro atoms. The lowest BCUT2D eigenvalue weighted by atomic mass is 10.3. The molecule has 0 amide bonds. The smallest absolute Gasteiger partial charge is 0.0553 e. The summed E-state index contributed by atoms with van der Waals surface area (Å²) in [7, 11) is 1.66. The Morgan fingerprint density at radius 1 is 1.73 bits per heavy atom. The van der Waals surface area contributed by atoms with Crippen LogP contribution >= 0.6 is 15.9 Å². The summed E-state index contributed by atoms with van der Waals surface area (Å²) >= 11 is 3.35. The van der Waals surface area contributed by atoms with Gasteiger partial charge in [-0.2, -0.15) is 0 Å². The van der Waals surface area contributed by atoms with Crippen molar-refractivity contribution in [3.8, 4) is 0 Å². The van der Waals surface area contributed by atoms with Crippen molar-refractivity contribution < 1.29 is 4.74 Å². The van der Waals surface area contributed by atoms with Crippen molar-refractivity contribution >= 4 is 15.9 Å². The average Bonchev–Trinajstić information content (AvgIpc) is 2.01. The van der Waals surface area contributed by atoms with Crippen LogP contribution in [0.4, 0.5) is 0 Å². The molecular formula is C8H9BrNO. The van der Waals surface area contributed by atoms with E-state index >= 15 is 0 Å². The first-order chi connectivity index (χ1) is 5.33. The van der Waals surface area contributed by atoms with Crippen LogP contribution in [0, 0.1) is 6.42 Å². The van der Waals surface area contributed by atoms with E-state index < -0.39 is 0 Å². The number of hydrogen-bond acceptors (Lipinski definition) is 2. The first-order valence-electron chi connectivity index (χ1n) is 3.26. The Morgan fingerprint density at radius 3 is 3.18 bits per heavy atom. The SMILES string of the molecule is COC[CH]c1cc(Br)ccn1. The molecule has 3 heteroatoms. The van der Waals surface area contributed by atoms with E-state index in [9.17, 15) is 0 Å². The van der Waals surface area contributed by atoms with E-state index in [4.69, 9.17) is 4.74 Å². The van der Waals surface area contributed by atoms with E-state index in [0.29, 0.717) is 6.61 Å². The van der Waals surface area contributed by atoms with Crippen LogP contribution in [0.1, 0.15) is 5.69 Å². The monoisotopic (exact) mass is 214 g/mol. The predicted octanol–water partition coefficient (Wildman–Crippen LogP) is 2.04. The zero-order chi connectivity index (χ0) is 8.10. The number of rotatable bonds is 3. The first kappa shape index (κ1) is 8.68. The van der Waals surface area contributed by atoms with Gasteiger partial charge in [0.2, 0.25) is 0 Å². The molecule has 0 N–H and O–H groups in total. The number of nitrogens with zero attached hydrogens (tertiary/aromatic N) is 1. The second-order valence-electron chi connectivity index (χ2n) is 2.06. The van der Waals surface area contributed by atoms with Gasteiger partial charge in [0.15, 0.2) is 0 Å². The van der Waals surface area contributed by atoms with Gasteiger partial charge in [-0.25, -0.2) is 0 Å². The maximum atomic E-state index is 4.87. The van der Waals surface area contributed by atoms with Crippen LogP contribution in [0.2, 0.25) is 0 Å². The average molecular weight is 215 g/mol. The highest BCUT2D eigenvalue weighted by molar-refractivity contribution is 9.10. The molecule has 0 fully saturated rings. The topological polar surface area (TPSA) is 22.1 Å². The summed E-state index contributed by atoms with van der Waals surface area (Å²) in [5, 5.41) is 0. The lowest BCUT2D eigenvalue weighted by molar-refractivity contribution is 0.225. The number of aromatic nitrogens is 1. The predicted molar refractivity (Wildman–Crippen MR) is 47.2 cm³/mol. The van der Waals surface area contributed by atoms with Crippen LogP contribution in [0.25, 0.3) is 0 Å². The van der Waals surface area contributed by atoms with Gasteiger partial charge in [-0.05, 0) is 12.1 Å². The molecule has 0 aliphatic heterocycles. The van der Waals surface area contributed by atoms with Crippen molar-refractivity contribution in [2.75, 3.05) is 13.7 Å². The zero-order valence-corrected chi connectivity index (χ0v) is 7.84. The maximum Gasteiger partial charge on any atom is 0.0553 e. The maximum absolute atomic E-state index is 4.87. The van der Waals surface area contributed by atoms with E-state index in [2.05, 4.69) is 20.9 Å². The summed E-state index contributed by atoms with van der Waals surface area (Å²) in [6.45, 7) is 0.601. The van der Waals surface area contributed by atoms with Crippen LogP contribution in [0.5, 0.6) is 0 Å². The Morgan fingerprint density at radius 2 is 2.55 bits per heavy atom. The molecule has 59 valence electrons. The standard InChI is InChI=1S/C8H9BrNO/c1-11-5-3-8-6-7(9)2-4-10-8/h2-4,6H,5H2,1H3. The summed E-state index contributed by atoms with van der Waals surface area (Å²) < 4.78 is 5.91. The van der Waals surface area contributed by atoms with Crippen molar-refractivity contribution in [1.82, 2.24) is 4.98 Å². The number of halogens is 1. The largest absolute Gasteiger partial charge is 0.384 e. The molecule has 1 radical (unpaired) electrons. The highest BCUT2D eigenvalue weighted by atomic mass is 79.9. The summed E-state index contributed by atoms with van der Waals surface area (Å²) in [6.07, 6.45) is 3.68. The number of hydrogen-bond donors (Lipinski definition) is 0. The molecule has 2 nitrogen and oxygen atoms in total. The molecule has 0 aromatic carbocycles. The molecule has 0 saturated heterocycles. The molecule has 0 unspecified atom stereocenters. The first-order valence-corrected chi connectivity index (χ1v) is 4.06. The lowest BCUT2D eigenvalue weighted by Crippen LogP contribution is -1.93. The quantitative estimate of drug-likeness (QED) is 0.769. The van der Waals surface area contributed by atoms with Crippen LogP contribution in [-0.2, 0) is 4.74 Å². The molecule has 1 heterocycles. The second-order valence-corrected chi connectivity index (χ2v) is 2.97. The molecular weight excluding hydrogens is 206 g/mol. The van der Waals surface area contributed by atoms with E-state index in [0.717, 1.165) is 10.2 Å². The molecule has 1 aromatic rings. The Kier molecular flexibility index (Phi) is 3.52. The molecule has 1 aromatic heterocycles. The van der Waals surface area contributed by atoms with E-state index in [1.54, 1.807) is 13.3 Å². The Hall–Kier alpha value is -0.410. The van der Waals surface area contributed by atoms with Crippen LogP contribution in [0.15, 0.2) is 22.8 Å². The van der Waals surface area contributed by atoms with Gasteiger partial charge >= 0.3 is 0 Å². The van der Waals surface area contributed by atoms with E-state index in [-0.39, 0.29) is 0 Å². The minimum absolute atomic E-state index is 0.601. The normalized spacial score (nSPS) is 10.0. The summed E-state index contributed by atoms with van der Waals surface area (Å²) in [4.78, 5) is 4.11. The third kappa shape index (κ3) is 2.99. The Bertz CT molecular complexity index is 227. The van der Waals surface area contributed by atoms with Gasteiger partial charge in [-0.15, -0.1) is 0 Å². The number of methoxy groups -OCH3 is 1. The third-order valence-corrected chi connectivity index (χ3v) is 1.70. The van der Waals surface area contributed by atoms with Crippen molar-refractivity contribution in [2.45, 2.75) is 0 Å². The zero-order valence-electron chi connectivity index (χ0n) is 6.25. The van der Waals surface area contributed by atoms with Gasteiger partial charge in [0, 0.05) is 29.9 Å². The molecule has 0 aliphatic carbocycles. The van der Waals surface area contributed by atoms with Gasteiger partial charge in [0.1, 0.15) is 0 Å². The molecule has 0 aliphatic rings. The Balaban J connectivity index is 2.56. The van der Waals surface area contributed by atoms with Crippen LogP contribution in [-0.4, -0.2) is 18.7 Å². The van der Waals surface area contributed by atoms with E-state index in [1.165, 1.54) is 0 Å². The minimum Gasteiger partial charge on any atom is -0.384 e. The van der Waals surface area contributed by atoms with Crippen molar-refractivity contribution in [3.05, 3.63) is 34.9 Å². The number of ether oxygens (including phenoxy) is 1. The van der Waals surface area contributed by atoms with Gasteiger partial charge in [-0.1, -0.05) is 15.9 Å². The van der Waals surface area contributed by atoms with Crippen molar-refractivity contribution in [1.29, 1.82) is 0 Å². The second kappa shape index (κ2) is 4.46. The minimum atomic E-state index is 0.601. The highest BCUT2D eigenvalue weighted by Gasteiger charge is 1.94. The van der Waals surface area contributed by atoms with Gasteiger partial charge in [0.05, 0.1) is 6.61 Å². The van der Waals surface area contributed by atoms with Crippen LogP contribution in [0.3, 0.4) is 0 Å². The fourth-order valence-electron chi connectivity index (χ4n) is 0.702. The molecule has 0 atom stereocenters. The van der Waals surface area contributed by atoms with Gasteiger partial charge in [0.25, 0.3) is 0 Å². The van der Waals surface area contributed by atoms with Gasteiger partial charge < -0.3 is 4.74 Å². The summed E-state index contributed by atoms with van der Waals surface area (Å²) in [6, 6.07) is 3.84. The van der Waals surface area contributed by atoms with Crippen LogP contribution < -0.4 is 0 Å². The highest BCUT2D eigenvalue weighted by Crippen LogP contribution is 2.09. The molecule has 0 saturated carbocycles. The fourth-order valence-corrected chi connectivity index (χ4v) is 1.05.